The molecule has 0 unspecified atom stereocenters. The summed E-state index contributed by atoms with van der Waals surface area (Å²) in [5, 5.41) is 2.86. The molecule has 0 bridgehead atoms. The van der Waals surface area contributed by atoms with Gasteiger partial charge in [-0.3, -0.25) is 4.98 Å². The van der Waals surface area contributed by atoms with Crippen molar-refractivity contribution >= 4 is 11.7 Å². The second-order valence-corrected chi connectivity index (χ2v) is 5.51. The molecule has 1 aliphatic rings. The molecule has 5 heteroatoms. The highest BCUT2D eigenvalue weighted by molar-refractivity contribution is 5.74. The van der Waals surface area contributed by atoms with Crippen LogP contribution in [-0.2, 0) is 0 Å². The first-order chi connectivity index (χ1) is 11.8. The van der Waals surface area contributed by atoms with E-state index in [9.17, 15) is 4.79 Å². The van der Waals surface area contributed by atoms with Crippen molar-refractivity contribution in [2.24, 2.45) is 0 Å². The van der Waals surface area contributed by atoms with Crippen LogP contribution in [0.5, 0.6) is 0 Å². The predicted octanol–water partition coefficient (Wildman–Crippen LogP) is 1.96. The van der Waals surface area contributed by atoms with Crippen molar-refractivity contribution in [3.05, 3.63) is 60.4 Å². The number of hydrogen-bond donors (Lipinski definition) is 1. The van der Waals surface area contributed by atoms with E-state index >= 15 is 0 Å². The molecule has 1 N–H and O–H groups in total. The third-order valence-corrected chi connectivity index (χ3v) is 3.93. The second kappa shape index (κ2) is 8.02. The Labute approximate surface area is 142 Å². The number of nitrogens with one attached hydrogen (secondary N) is 1. The topological polar surface area (TPSA) is 48.5 Å². The van der Waals surface area contributed by atoms with E-state index in [1.54, 1.807) is 12.4 Å². The predicted molar refractivity (Wildman–Crippen MR) is 94.7 cm³/mol. The van der Waals surface area contributed by atoms with Crippen LogP contribution in [0.2, 0.25) is 0 Å². The molecule has 122 valence electrons. The van der Waals surface area contributed by atoms with Crippen molar-refractivity contribution in [2.45, 2.75) is 0 Å². The zero-order chi connectivity index (χ0) is 16.6. The Morgan fingerprint density at radius 3 is 2.46 bits per heavy atom. The van der Waals surface area contributed by atoms with E-state index in [1.807, 2.05) is 47.4 Å². The summed E-state index contributed by atoms with van der Waals surface area (Å²) < 4.78 is 0. The second-order valence-electron chi connectivity index (χ2n) is 5.51. The summed E-state index contributed by atoms with van der Waals surface area (Å²) in [6.45, 7) is 3.43. The van der Waals surface area contributed by atoms with E-state index in [2.05, 4.69) is 27.0 Å². The fourth-order valence-electron chi connectivity index (χ4n) is 2.62. The Morgan fingerprint density at radius 1 is 1.04 bits per heavy atom. The molecule has 3 rings (SSSR count). The number of nitrogens with zero attached hydrogens (tertiary/aromatic N) is 3. The molecule has 24 heavy (non-hydrogen) atoms. The molecule has 0 saturated carbocycles. The highest BCUT2D eigenvalue weighted by Gasteiger charge is 2.20. The van der Waals surface area contributed by atoms with Crippen LogP contribution in [0.1, 0.15) is 5.56 Å². The van der Waals surface area contributed by atoms with Gasteiger partial charge in [-0.15, -0.1) is 0 Å². The zero-order valence-corrected chi connectivity index (χ0v) is 13.5. The number of aromatic nitrogens is 1. The minimum Gasteiger partial charge on any atom is -0.368 e. The van der Waals surface area contributed by atoms with E-state index < -0.39 is 0 Å². The molecule has 1 saturated heterocycles. The molecule has 1 aliphatic heterocycles. The number of carbonyl (C=O) groups excluding carboxylic acids is 1. The van der Waals surface area contributed by atoms with Gasteiger partial charge in [0.15, 0.2) is 0 Å². The zero-order valence-electron chi connectivity index (χ0n) is 13.5. The first-order valence-corrected chi connectivity index (χ1v) is 8.04. The van der Waals surface area contributed by atoms with Crippen molar-refractivity contribution < 1.29 is 4.79 Å². The summed E-state index contributed by atoms with van der Waals surface area (Å²) in [6, 6.07) is 13.7. The Hall–Kier alpha value is -3.00. The molecule has 2 amide bonds. The minimum atomic E-state index is -0.0493. The quantitative estimate of drug-likeness (QED) is 0.861. The third kappa shape index (κ3) is 4.26. The number of hydrogen-bond acceptors (Lipinski definition) is 3. The highest BCUT2D eigenvalue weighted by Crippen LogP contribution is 2.14. The Balaban J connectivity index is 1.43. The van der Waals surface area contributed by atoms with E-state index in [0.29, 0.717) is 19.6 Å². The van der Waals surface area contributed by atoms with Crippen molar-refractivity contribution in [1.82, 2.24) is 15.2 Å². The Bertz CT molecular complexity index is 713. The smallest absolute Gasteiger partial charge is 0.318 e. The van der Waals surface area contributed by atoms with Gasteiger partial charge in [-0.2, -0.15) is 0 Å². The van der Waals surface area contributed by atoms with Crippen molar-refractivity contribution in [1.29, 1.82) is 0 Å². The maximum Gasteiger partial charge on any atom is 0.318 e. The van der Waals surface area contributed by atoms with Gasteiger partial charge in [0.2, 0.25) is 0 Å². The lowest BCUT2D eigenvalue weighted by Crippen LogP contribution is -2.51. The molecule has 1 fully saturated rings. The number of benzene rings is 1. The van der Waals surface area contributed by atoms with Gasteiger partial charge in [-0.05, 0) is 24.3 Å². The van der Waals surface area contributed by atoms with E-state index in [4.69, 9.17) is 0 Å². The van der Waals surface area contributed by atoms with Gasteiger partial charge < -0.3 is 15.1 Å². The lowest BCUT2D eigenvalue weighted by molar-refractivity contribution is 0.195. The maximum atomic E-state index is 12.2. The van der Waals surface area contributed by atoms with Crippen LogP contribution in [-0.4, -0.2) is 48.6 Å². The number of carbonyl (C=O) groups is 1. The van der Waals surface area contributed by atoms with Crippen LogP contribution in [0.15, 0.2) is 54.9 Å². The summed E-state index contributed by atoms with van der Waals surface area (Å²) >= 11 is 0. The molecule has 1 aromatic carbocycles. The molecular weight excluding hydrogens is 300 g/mol. The Morgan fingerprint density at radius 2 is 1.75 bits per heavy atom. The third-order valence-electron chi connectivity index (χ3n) is 3.93. The van der Waals surface area contributed by atoms with E-state index in [1.165, 1.54) is 0 Å². The van der Waals surface area contributed by atoms with E-state index in [-0.39, 0.29) is 6.03 Å². The normalized spacial score (nSPS) is 13.8. The molecule has 0 spiro atoms. The van der Waals surface area contributed by atoms with Gasteiger partial charge in [0, 0.05) is 49.8 Å². The van der Waals surface area contributed by atoms with Gasteiger partial charge in [0.1, 0.15) is 0 Å². The van der Waals surface area contributed by atoms with Crippen LogP contribution < -0.4 is 10.2 Å². The number of rotatable bonds is 2. The molecular formula is C19H20N4O. The van der Waals surface area contributed by atoms with Crippen LogP contribution in [0.25, 0.3) is 0 Å². The molecule has 1 aromatic heterocycles. The molecule has 2 heterocycles. The van der Waals surface area contributed by atoms with Crippen LogP contribution >= 0.6 is 0 Å². The highest BCUT2D eigenvalue weighted by atomic mass is 16.2. The van der Waals surface area contributed by atoms with Gasteiger partial charge in [-0.25, -0.2) is 4.79 Å². The first kappa shape index (κ1) is 15.9. The lowest BCUT2D eigenvalue weighted by Gasteiger charge is -2.35. The van der Waals surface area contributed by atoms with Gasteiger partial charge in [0.05, 0.1) is 6.54 Å². The number of urea groups is 1. The molecule has 5 nitrogen and oxygen atoms in total. The van der Waals surface area contributed by atoms with Crippen molar-refractivity contribution in [3.8, 4) is 11.8 Å². The average Bonchev–Trinajstić information content (AvgIpc) is 2.67. The molecule has 0 aliphatic carbocycles. The lowest BCUT2D eigenvalue weighted by atomic mass is 10.2. The van der Waals surface area contributed by atoms with E-state index in [0.717, 1.165) is 24.3 Å². The summed E-state index contributed by atoms with van der Waals surface area (Å²) in [6.07, 6.45) is 3.58. The fraction of sp³-hybridized carbons (Fsp3) is 0.263. The molecule has 2 aromatic rings. The Kier molecular flexibility index (Phi) is 5.31. The van der Waals surface area contributed by atoms with Crippen LogP contribution in [0.3, 0.4) is 0 Å². The number of pyridine rings is 1. The number of piperazine rings is 1. The van der Waals surface area contributed by atoms with Crippen LogP contribution in [0, 0.1) is 11.8 Å². The fourth-order valence-corrected chi connectivity index (χ4v) is 2.62. The standard InChI is InChI=1S/C19H20N4O/c24-19(21-10-4-7-17-5-2-1-3-6-17)23-15-13-22(14-16-23)18-8-11-20-12-9-18/h1-3,5-6,8-9,11-12H,10,13-16H2,(H,21,24). The summed E-state index contributed by atoms with van der Waals surface area (Å²) in [7, 11) is 0. The largest absolute Gasteiger partial charge is 0.368 e. The average molecular weight is 320 g/mol. The maximum absolute atomic E-state index is 12.2. The van der Waals surface area contributed by atoms with Crippen molar-refractivity contribution in [2.75, 3.05) is 37.6 Å². The minimum absolute atomic E-state index is 0.0493. The first-order valence-electron chi connectivity index (χ1n) is 8.04. The van der Waals surface area contributed by atoms with Crippen LogP contribution in [0.4, 0.5) is 10.5 Å². The molecule has 0 radical (unpaired) electrons. The monoisotopic (exact) mass is 320 g/mol. The number of amides is 2. The summed E-state index contributed by atoms with van der Waals surface area (Å²) in [5.41, 5.74) is 2.11. The molecule has 0 atom stereocenters. The van der Waals surface area contributed by atoms with Gasteiger partial charge >= 0.3 is 6.03 Å². The SMILES string of the molecule is O=C(NCC#Cc1ccccc1)N1CCN(c2ccncc2)CC1. The van der Waals surface area contributed by atoms with Crippen molar-refractivity contribution in [3.63, 3.8) is 0 Å². The number of anilines is 1. The van der Waals surface area contributed by atoms with Gasteiger partial charge in [0.25, 0.3) is 0 Å². The van der Waals surface area contributed by atoms with Gasteiger partial charge in [-0.1, -0.05) is 30.0 Å². The summed E-state index contributed by atoms with van der Waals surface area (Å²) in [5.74, 6) is 6.01. The summed E-state index contributed by atoms with van der Waals surface area (Å²) in [4.78, 5) is 20.3.